The van der Waals surface area contributed by atoms with E-state index < -0.39 is 0 Å². The number of anilines is 1. The predicted octanol–water partition coefficient (Wildman–Crippen LogP) is 3.46. The SMILES string of the molecule is Nc1nc2cc(Cl)ccc2n1CC1CCCC1. The lowest BCUT2D eigenvalue weighted by molar-refractivity contribution is 0.468. The lowest BCUT2D eigenvalue weighted by atomic mass is 10.1. The van der Waals surface area contributed by atoms with Crippen LogP contribution in [0, 0.1) is 5.92 Å². The van der Waals surface area contributed by atoms with Gasteiger partial charge in [-0.15, -0.1) is 0 Å². The molecule has 0 unspecified atom stereocenters. The Morgan fingerprint density at radius 1 is 1.35 bits per heavy atom. The normalized spacial score (nSPS) is 17.0. The van der Waals surface area contributed by atoms with E-state index in [1.54, 1.807) is 0 Å². The van der Waals surface area contributed by atoms with Crippen LogP contribution in [0.4, 0.5) is 5.95 Å². The summed E-state index contributed by atoms with van der Waals surface area (Å²) in [5, 5.41) is 0.711. The van der Waals surface area contributed by atoms with E-state index >= 15 is 0 Å². The van der Waals surface area contributed by atoms with Crippen LogP contribution in [0.2, 0.25) is 5.02 Å². The molecule has 0 aliphatic heterocycles. The second-order valence-corrected chi connectivity index (χ2v) is 5.30. The summed E-state index contributed by atoms with van der Waals surface area (Å²) in [6.45, 7) is 0.990. The summed E-state index contributed by atoms with van der Waals surface area (Å²) in [4.78, 5) is 4.37. The predicted molar refractivity (Wildman–Crippen MR) is 71.1 cm³/mol. The maximum absolute atomic E-state index is 5.99. The molecule has 0 spiro atoms. The van der Waals surface area contributed by atoms with Crippen molar-refractivity contribution in [1.82, 2.24) is 9.55 Å². The van der Waals surface area contributed by atoms with E-state index in [-0.39, 0.29) is 0 Å². The summed E-state index contributed by atoms with van der Waals surface area (Å²) in [5.74, 6) is 1.36. The van der Waals surface area contributed by atoms with Crippen LogP contribution in [0.1, 0.15) is 25.7 Å². The topological polar surface area (TPSA) is 43.8 Å². The number of hydrogen-bond acceptors (Lipinski definition) is 2. The maximum Gasteiger partial charge on any atom is 0.201 e. The van der Waals surface area contributed by atoms with Gasteiger partial charge in [0, 0.05) is 11.6 Å². The second kappa shape index (κ2) is 4.22. The monoisotopic (exact) mass is 249 g/mol. The number of benzene rings is 1. The smallest absolute Gasteiger partial charge is 0.201 e. The highest BCUT2D eigenvalue weighted by molar-refractivity contribution is 6.31. The van der Waals surface area contributed by atoms with Crippen LogP contribution < -0.4 is 5.73 Å². The molecule has 0 amide bonds. The molecule has 0 bridgehead atoms. The van der Waals surface area contributed by atoms with Gasteiger partial charge in [-0.05, 0) is 37.0 Å². The molecule has 3 nitrogen and oxygen atoms in total. The van der Waals surface area contributed by atoms with Gasteiger partial charge in [0.15, 0.2) is 0 Å². The summed E-state index contributed by atoms with van der Waals surface area (Å²) in [6, 6.07) is 5.78. The van der Waals surface area contributed by atoms with Crippen molar-refractivity contribution in [3.05, 3.63) is 23.2 Å². The van der Waals surface area contributed by atoms with E-state index in [1.165, 1.54) is 25.7 Å². The average Bonchev–Trinajstić information content (AvgIpc) is 2.88. The minimum atomic E-state index is 0.606. The Hall–Kier alpha value is -1.22. The van der Waals surface area contributed by atoms with E-state index in [0.717, 1.165) is 23.5 Å². The summed E-state index contributed by atoms with van der Waals surface area (Å²) in [5.41, 5.74) is 7.98. The van der Waals surface area contributed by atoms with Crippen LogP contribution in [-0.4, -0.2) is 9.55 Å². The molecule has 1 aromatic heterocycles. The fourth-order valence-corrected chi connectivity index (χ4v) is 2.93. The first kappa shape index (κ1) is 10.9. The Balaban J connectivity index is 1.99. The Kier molecular flexibility index (Phi) is 2.71. The first-order valence-corrected chi connectivity index (χ1v) is 6.53. The molecule has 0 atom stereocenters. The van der Waals surface area contributed by atoms with Gasteiger partial charge < -0.3 is 10.3 Å². The van der Waals surface area contributed by atoms with Crippen molar-refractivity contribution < 1.29 is 0 Å². The molecular weight excluding hydrogens is 234 g/mol. The highest BCUT2D eigenvalue weighted by Gasteiger charge is 2.18. The molecule has 3 rings (SSSR count). The lowest BCUT2D eigenvalue weighted by Crippen LogP contribution is -2.10. The summed E-state index contributed by atoms with van der Waals surface area (Å²) >= 11 is 5.96. The van der Waals surface area contributed by atoms with E-state index in [2.05, 4.69) is 9.55 Å². The number of fused-ring (bicyclic) bond motifs is 1. The first-order chi connectivity index (χ1) is 8.24. The first-order valence-electron chi connectivity index (χ1n) is 6.15. The van der Waals surface area contributed by atoms with Crippen LogP contribution >= 0.6 is 11.6 Å². The Morgan fingerprint density at radius 3 is 2.88 bits per heavy atom. The molecule has 2 N–H and O–H groups in total. The van der Waals surface area contributed by atoms with Gasteiger partial charge in [0.2, 0.25) is 5.95 Å². The number of nitrogens with zero attached hydrogens (tertiary/aromatic N) is 2. The average molecular weight is 250 g/mol. The van der Waals surface area contributed by atoms with E-state index in [1.807, 2.05) is 18.2 Å². The molecule has 1 fully saturated rings. The summed E-state index contributed by atoms with van der Waals surface area (Å²) in [7, 11) is 0. The van der Waals surface area contributed by atoms with Gasteiger partial charge in [0.25, 0.3) is 0 Å². The van der Waals surface area contributed by atoms with Crippen molar-refractivity contribution in [2.24, 2.45) is 5.92 Å². The van der Waals surface area contributed by atoms with Crippen molar-refractivity contribution in [2.75, 3.05) is 5.73 Å². The minimum absolute atomic E-state index is 0.606. The van der Waals surface area contributed by atoms with Gasteiger partial charge in [0.1, 0.15) is 0 Å². The van der Waals surface area contributed by atoms with Gasteiger partial charge in [-0.3, -0.25) is 0 Å². The fraction of sp³-hybridized carbons (Fsp3) is 0.462. The third-order valence-corrected chi connectivity index (χ3v) is 3.89. The quantitative estimate of drug-likeness (QED) is 0.886. The highest BCUT2D eigenvalue weighted by Crippen LogP contribution is 2.29. The Morgan fingerprint density at radius 2 is 2.12 bits per heavy atom. The number of nitrogen functional groups attached to an aromatic ring is 1. The Bertz CT molecular complexity index is 541. The van der Waals surface area contributed by atoms with Gasteiger partial charge in [0.05, 0.1) is 11.0 Å². The zero-order valence-electron chi connectivity index (χ0n) is 9.69. The number of halogens is 1. The molecule has 1 aliphatic rings. The van der Waals surface area contributed by atoms with Crippen LogP contribution in [-0.2, 0) is 6.54 Å². The van der Waals surface area contributed by atoms with Gasteiger partial charge in [-0.1, -0.05) is 24.4 Å². The van der Waals surface area contributed by atoms with Crippen molar-refractivity contribution >= 4 is 28.6 Å². The Labute approximate surface area is 106 Å². The van der Waals surface area contributed by atoms with Crippen molar-refractivity contribution in [3.8, 4) is 0 Å². The molecule has 2 aromatic rings. The van der Waals surface area contributed by atoms with Crippen molar-refractivity contribution in [3.63, 3.8) is 0 Å². The highest BCUT2D eigenvalue weighted by atomic mass is 35.5. The summed E-state index contributed by atoms with van der Waals surface area (Å²) in [6.07, 6.45) is 5.32. The van der Waals surface area contributed by atoms with Gasteiger partial charge in [-0.25, -0.2) is 4.98 Å². The third-order valence-electron chi connectivity index (χ3n) is 3.66. The number of imidazole rings is 1. The molecule has 0 radical (unpaired) electrons. The van der Waals surface area contributed by atoms with Crippen LogP contribution in [0.3, 0.4) is 0 Å². The number of rotatable bonds is 2. The second-order valence-electron chi connectivity index (χ2n) is 4.86. The fourth-order valence-electron chi connectivity index (χ4n) is 2.76. The summed E-state index contributed by atoms with van der Waals surface area (Å²) < 4.78 is 2.13. The molecule has 17 heavy (non-hydrogen) atoms. The van der Waals surface area contributed by atoms with Crippen LogP contribution in [0.5, 0.6) is 0 Å². The molecule has 1 aromatic carbocycles. The minimum Gasteiger partial charge on any atom is -0.369 e. The molecule has 1 heterocycles. The van der Waals surface area contributed by atoms with Gasteiger partial charge >= 0.3 is 0 Å². The number of hydrogen-bond donors (Lipinski definition) is 1. The largest absolute Gasteiger partial charge is 0.369 e. The maximum atomic E-state index is 5.99. The molecule has 0 saturated heterocycles. The van der Waals surface area contributed by atoms with E-state index in [0.29, 0.717) is 11.0 Å². The molecule has 90 valence electrons. The lowest BCUT2D eigenvalue weighted by Gasteiger charge is -2.12. The van der Waals surface area contributed by atoms with Crippen molar-refractivity contribution in [1.29, 1.82) is 0 Å². The molecule has 1 saturated carbocycles. The van der Waals surface area contributed by atoms with E-state index in [9.17, 15) is 0 Å². The molecule has 4 heteroatoms. The zero-order valence-corrected chi connectivity index (χ0v) is 10.5. The van der Waals surface area contributed by atoms with E-state index in [4.69, 9.17) is 17.3 Å². The third kappa shape index (κ3) is 2.00. The standard InChI is InChI=1S/C13H16ClN3/c14-10-5-6-12-11(7-10)16-13(15)17(12)8-9-3-1-2-4-9/h5-7,9H,1-4,8H2,(H2,15,16). The molecular formula is C13H16ClN3. The molecule has 1 aliphatic carbocycles. The van der Waals surface area contributed by atoms with Crippen molar-refractivity contribution in [2.45, 2.75) is 32.2 Å². The number of aromatic nitrogens is 2. The van der Waals surface area contributed by atoms with Gasteiger partial charge in [-0.2, -0.15) is 0 Å². The zero-order chi connectivity index (χ0) is 11.8. The number of nitrogens with two attached hydrogens (primary N) is 1. The van der Waals surface area contributed by atoms with Crippen LogP contribution in [0.25, 0.3) is 11.0 Å². The van der Waals surface area contributed by atoms with Crippen LogP contribution in [0.15, 0.2) is 18.2 Å².